The maximum Gasteiger partial charge on any atom is 0.262 e. The summed E-state index contributed by atoms with van der Waals surface area (Å²) in [4.78, 5) is 12.7. The summed E-state index contributed by atoms with van der Waals surface area (Å²) in [6.45, 7) is 8.14. The van der Waals surface area contributed by atoms with Crippen molar-refractivity contribution in [1.29, 1.82) is 0 Å². The first-order valence-corrected chi connectivity index (χ1v) is 13.4. The minimum absolute atomic E-state index is 0.101. The molecule has 2 N–H and O–H groups in total. The highest BCUT2D eigenvalue weighted by molar-refractivity contribution is 7.98. The Kier molecular flexibility index (Phi) is 8.21. The van der Waals surface area contributed by atoms with E-state index in [0.717, 1.165) is 22.6 Å². The lowest BCUT2D eigenvalue weighted by Crippen LogP contribution is -2.26. The Labute approximate surface area is 201 Å². The maximum atomic E-state index is 13.0. The second kappa shape index (κ2) is 10.9. The van der Waals surface area contributed by atoms with Gasteiger partial charge in [-0.1, -0.05) is 48.0 Å². The molecule has 0 saturated carbocycles. The molecule has 3 rings (SSSR count). The van der Waals surface area contributed by atoms with Gasteiger partial charge in [0.1, 0.15) is 0 Å². The van der Waals surface area contributed by atoms with Gasteiger partial charge in [-0.05, 0) is 68.1 Å². The summed E-state index contributed by atoms with van der Waals surface area (Å²) >= 11 is 1.75. The molecule has 3 aromatic carbocycles. The number of aryl methyl sites for hydroxylation is 4. The van der Waals surface area contributed by atoms with Gasteiger partial charge in [0, 0.05) is 23.6 Å². The summed E-state index contributed by atoms with van der Waals surface area (Å²) < 4.78 is 28.8. The zero-order valence-corrected chi connectivity index (χ0v) is 21.1. The van der Waals surface area contributed by atoms with E-state index in [1.807, 2.05) is 38.1 Å². The lowest BCUT2D eigenvalue weighted by atomic mass is 10.1. The van der Waals surface area contributed by atoms with Gasteiger partial charge in [-0.25, -0.2) is 8.42 Å². The molecule has 0 atom stereocenters. The number of carbonyl (C=O) groups is 1. The van der Waals surface area contributed by atoms with E-state index in [1.165, 1.54) is 17.2 Å². The summed E-state index contributed by atoms with van der Waals surface area (Å²) in [6.07, 6.45) is 0. The molecule has 0 saturated heterocycles. The van der Waals surface area contributed by atoms with Gasteiger partial charge in [0.05, 0.1) is 10.6 Å². The Morgan fingerprint density at radius 3 is 2.36 bits per heavy atom. The highest BCUT2D eigenvalue weighted by Crippen LogP contribution is 2.24. The summed E-state index contributed by atoms with van der Waals surface area (Å²) in [5.74, 6) is 1.37. The average molecular weight is 483 g/mol. The van der Waals surface area contributed by atoms with Crippen LogP contribution in [0.15, 0.2) is 65.6 Å². The average Bonchev–Trinajstić information content (AvgIpc) is 2.76. The standard InChI is InChI=1S/C26H30N2O3S2/c1-18-9-12-24(21(4)15-18)28-33(30,31)25-16-22(11-10-20(25)3)26(29)27-13-14-32-17-23-8-6-5-7-19(23)2/h5-12,15-16,28H,13-14,17H2,1-4H3,(H,27,29). The molecule has 0 aliphatic heterocycles. The second-order valence-corrected chi connectivity index (χ2v) is 10.9. The van der Waals surface area contributed by atoms with E-state index >= 15 is 0 Å². The number of thioether (sulfide) groups is 1. The molecule has 0 aromatic heterocycles. The van der Waals surface area contributed by atoms with Gasteiger partial charge in [0.25, 0.3) is 15.9 Å². The smallest absolute Gasteiger partial charge is 0.262 e. The van der Waals surface area contributed by atoms with Crippen LogP contribution >= 0.6 is 11.8 Å². The van der Waals surface area contributed by atoms with Gasteiger partial charge in [-0.15, -0.1) is 0 Å². The maximum absolute atomic E-state index is 13.0. The molecule has 0 heterocycles. The summed E-state index contributed by atoms with van der Waals surface area (Å²) in [5, 5.41) is 2.89. The molecule has 5 nitrogen and oxygen atoms in total. The van der Waals surface area contributed by atoms with Gasteiger partial charge in [-0.2, -0.15) is 11.8 Å². The number of hydrogen-bond donors (Lipinski definition) is 2. The fourth-order valence-corrected chi connectivity index (χ4v) is 5.79. The summed E-state index contributed by atoms with van der Waals surface area (Å²) in [5.41, 5.74) is 5.88. The molecule has 0 aliphatic rings. The van der Waals surface area contributed by atoms with Crippen molar-refractivity contribution in [2.45, 2.75) is 38.3 Å². The molecule has 1 amide bonds. The molecule has 0 fully saturated rings. The van der Waals surface area contributed by atoms with Gasteiger partial charge < -0.3 is 5.32 Å². The molecular formula is C26H30N2O3S2. The fraction of sp³-hybridized carbons (Fsp3) is 0.269. The first-order valence-electron chi connectivity index (χ1n) is 10.8. The van der Waals surface area contributed by atoms with Crippen molar-refractivity contribution in [2.24, 2.45) is 0 Å². The van der Waals surface area contributed by atoms with Crippen molar-refractivity contribution in [3.05, 3.63) is 94.0 Å². The third kappa shape index (κ3) is 6.62. The minimum atomic E-state index is -3.83. The molecule has 0 unspecified atom stereocenters. The molecule has 0 radical (unpaired) electrons. The number of benzene rings is 3. The number of nitrogens with one attached hydrogen (secondary N) is 2. The minimum Gasteiger partial charge on any atom is -0.351 e. The number of sulfonamides is 1. The molecule has 0 bridgehead atoms. The number of carbonyl (C=O) groups excluding carboxylic acids is 1. The zero-order chi connectivity index (χ0) is 24.0. The first kappa shape index (κ1) is 24.9. The number of hydrogen-bond acceptors (Lipinski definition) is 4. The van der Waals surface area contributed by atoms with Crippen LogP contribution in [0.3, 0.4) is 0 Å². The fourth-order valence-electron chi connectivity index (χ4n) is 3.45. The quantitative estimate of drug-likeness (QED) is 0.401. The SMILES string of the molecule is Cc1ccc(NS(=O)(=O)c2cc(C(=O)NCCSCc3ccccc3C)ccc2C)c(C)c1. The van der Waals surface area contributed by atoms with Crippen molar-refractivity contribution in [3.8, 4) is 0 Å². The van der Waals surface area contributed by atoms with Crippen LogP contribution in [0.2, 0.25) is 0 Å². The van der Waals surface area contributed by atoms with E-state index < -0.39 is 10.0 Å². The number of anilines is 1. The van der Waals surface area contributed by atoms with Crippen LogP contribution in [0.25, 0.3) is 0 Å². The third-order valence-electron chi connectivity index (χ3n) is 5.42. The summed E-state index contributed by atoms with van der Waals surface area (Å²) in [6, 6.07) is 18.6. The highest BCUT2D eigenvalue weighted by atomic mass is 32.2. The first-order chi connectivity index (χ1) is 15.7. The highest BCUT2D eigenvalue weighted by Gasteiger charge is 2.20. The second-order valence-electron chi connectivity index (χ2n) is 8.14. The molecule has 174 valence electrons. The van der Waals surface area contributed by atoms with E-state index in [2.05, 4.69) is 29.1 Å². The summed E-state index contributed by atoms with van der Waals surface area (Å²) in [7, 11) is -3.83. The molecule has 7 heteroatoms. The Morgan fingerprint density at radius 1 is 0.879 bits per heavy atom. The predicted molar refractivity (Wildman–Crippen MR) is 138 cm³/mol. The van der Waals surface area contributed by atoms with Crippen molar-refractivity contribution in [3.63, 3.8) is 0 Å². The van der Waals surface area contributed by atoms with Crippen LogP contribution < -0.4 is 10.0 Å². The van der Waals surface area contributed by atoms with Gasteiger partial charge >= 0.3 is 0 Å². The van der Waals surface area contributed by atoms with Crippen molar-refractivity contribution < 1.29 is 13.2 Å². The van der Waals surface area contributed by atoms with Crippen LogP contribution in [-0.2, 0) is 15.8 Å². The lowest BCUT2D eigenvalue weighted by Gasteiger charge is -2.14. The zero-order valence-electron chi connectivity index (χ0n) is 19.4. The third-order valence-corrected chi connectivity index (χ3v) is 7.93. The van der Waals surface area contributed by atoms with Crippen molar-refractivity contribution >= 4 is 33.4 Å². The Morgan fingerprint density at radius 2 is 1.64 bits per heavy atom. The van der Waals surface area contributed by atoms with E-state index in [0.29, 0.717) is 23.4 Å². The van der Waals surface area contributed by atoms with Crippen LogP contribution in [-0.4, -0.2) is 26.6 Å². The number of rotatable bonds is 9. The van der Waals surface area contributed by atoms with Crippen LogP contribution in [0.4, 0.5) is 5.69 Å². The van der Waals surface area contributed by atoms with Crippen LogP contribution in [0, 0.1) is 27.7 Å². The Hall–Kier alpha value is -2.77. The van der Waals surface area contributed by atoms with Crippen molar-refractivity contribution in [2.75, 3.05) is 17.0 Å². The molecule has 0 spiro atoms. The lowest BCUT2D eigenvalue weighted by molar-refractivity contribution is 0.0956. The van der Waals surface area contributed by atoms with Gasteiger partial charge in [-0.3, -0.25) is 9.52 Å². The monoisotopic (exact) mass is 482 g/mol. The normalized spacial score (nSPS) is 11.3. The largest absolute Gasteiger partial charge is 0.351 e. The number of amides is 1. The van der Waals surface area contributed by atoms with E-state index in [1.54, 1.807) is 36.9 Å². The topological polar surface area (TPSA) is 75.3 Å². The Balaban J connectivity index is 1.62. The molecule has 3 aromatic rings. The van der Waals surface area contributed by atoms with Crippen molar-refractivity contribution in [1.82, 2.24) is 5.32 Å². The van der Waals surface area contributed by atoms with Crippen LogP contribution in [0.1, 0.15) is 38.2 Å². The molecular weight excluding hydrogens is 452 g/mol. The van der Waals surface area contributed by atoms with E-state index in [-0.39, 0.29) is 10.8 Å². The van der Waals surface area contributed by atoms with E-state index in [4.69, 9.17) is 0 Å². The predicted octanol–water partition coefficient (Wildman–Crippen LogP) is 5.38. The molecule has 0 aliphatic carbocycles. The molecule has 33 heavy (non-hydrogen) atoms. The van der Waals surface area contributed by atoms with Gasteiger partial charge in [0.2, 0.25) is 0 Å². The van der Waals surface area contributed by atoms with Gasteiger partial charge in [0.15, 0.2) is 0 Å². The Bertz CT molecular complexity index is 1250. The van der Waals surface area contributed by atoms with Crippen LogP contribution in [0.5, 0.6) is 0 Å². The van der Waals surface area contributed by atoms with E-state index in [9.17, 15) is 13.2 Å².